The smallest absolute Gasteiger partial charge is 0.119 e. The third-order valence-electron chi connectivity index (χ3n) is 2.77. The summed E-state index contributed by atoms with van der Waals surface area (Å²) in [5, 5.41) is 8.83. The van der Waals surface area contributed by atoms with Crippen molar-refractivity contribution in [1.82, 2.24) is 0 Å². The molecule has 3 nitrogen and oxygen atoms in total. The Morgan fingerprint density at radius 2 is 1.72 bits per heavy atom. The topological polar surface area (TPSA) is 55.5 Å². The fourth-order valence-corrected chi connectivity index (χ4v) is 1.71. The summed E-state index contributed by atoms with van der Waals surface area (Å²) in [5.74, 6) is 0.806. The van der Waals surface area contributed by atoms with Crippen molar-refractivity contribution >= 4 is 5.69 Å². The lowest BCUT2D eigenvalue weighted by atomic mass is 10.1. The van der Waals surface area contributed by atoms with Crippen LogP contribution in [0.2, 0.25) is 0 Å². The van der Waals surface area contributed by atoms with E-state index in [9.17, 15) is 0 Å². The Morgan fingerprint density at radius 1 is 1.00 bits per heavy atom. The van der Waals surface area contributed by atoms with Gasteiger partial charge in [-0.3, -0.25) is 0 Å². The van der Waals surface area contributed by atoms with Gasteiger partial charge in [-0.1, -0.05) is 30.3 Å². The predicted octanol–water partition coefficient (Wildman–Crippen LogP) is 2.38. The molecular formula is C15H17NO2. The van der Waals surface area contributed by atoms with Crippen LogP contribution in [0.5, 0.6) is 5.75 Å². The van der Waals surface area contributed by atoms with Gasteiger partial charge in [0.1, 0.15) is 12.4 Å². The molecule has 3 N–H and O–H groups in total. The molecule has 0 aliphatic carbocycles. The molecule has 0 radical (unpaired) electrons. The Bertz CT molecular complexity index is 494. The van der Waals surface area contributed by atoms with Crippen molar-refractivity contribution < 1.29 is 9.84 Å². The molecule has 0 saturated heterocycles. The third-order valence-corrected chi connectivity index (χ3v) is 2.77. The molecule has 2 rings (SSSR count). The van der Waals surface area contributed by atoms with Crippen molar-refractivity contribution in [3.63, 3.8) is 0 Å². The number of rotatable bonds is 5. The Hall–Kier alpha value is -2.00. The highest BCUT2D eigenvalue weighted by molar-refractivity contribution is 5.46. The summed E-state index contributed by atoms with van der Waals surface area (Å²) >= 11 is 0. The molecule has 0 saturated carbocycles. The van der Waals surface area contributed by atoms with Crippen LogP contribution in [0.1, 0.15) is 11.1 Å². The molecular weight excluding hydrogens is 226 g/mol. The fourth-order valence-electron chi connectivity index (χ4n) is 1.71. The Balaban J connectivity index is 1.96. The van der Waals surface area contributed by atoms with E-state index in [-0.39, 0.29) is 6.61 Å². The van der Waals surface area contributed by atoms with Crippen LogP contribution in [0.4, 0.5) is 5.69 Å². The number of para-hydroxylation sites is 1. The largest absolute Gasteiger partial charge is 0.489 e. The Morgan fingerprint density at radius 3 is 2.39 bits per heavy atom. The van der Waals surface area contributed by atoms with E-state index in [1.807, 2.05) is 48.5 Å². The van der Waals surface area contributed by atoms with Crippen LogP contribution in [-0.4, -0.2) is 11.7 Å². The lowest BCUT2D eigenvalue weighted by Crippen LogP contribution is -2.00. The first-order valence-electron chi connectivity index (χ1n) is 5.95. The molecule has 0 bridgehead atoms. The maximum absolute atomic E-state index is 8.83. The van der Waals surface area contributed by atoms with Gasteiger partial charge in [-0.15, -0.1) is 0 Å². The molecule has 0 heterocycles. The molecule has 0 aliphatic heterocycles. The van der Waals surface area contributed by atoms with E-state index in [0.717, 1.165) is 22.6 Å². The third kappa shape index (κ3) is 3.25. The van der Waals surface area contributed by atoms with Gasteiger partial charge in [-0.25, -0.2) is 0 Å². The number of nitrogen functional groups attached to an aromatic ring is 1. The maximum atomic E-state index is 8.83. The lowest BCUT2D eigenvalue weighted by Gasteiger charge is -2.08. The first-order chi connectivity index (χ1) is 8.79. The zero-order valence-corrected chi connectivity index (χ0v) is 10.2. The first-order valence-corrected chi connectivity index (χ1v) is 5.95. The molecule has 0 amide bonds. The number of anilines is 1. The minimum atomic E-state index is 0.167. The molecule has 0 unspecified atom stereocenters. The Labute approximate surface area is 107 Å². The van der Waals surface area contributed by atoms with Gasteiger partial charge in [0, 0.05) is 17.9 Å². The van der Waals surface area contributed by atoms with Crippen LogP contribution in [0, 0.1) is 0 Å². The lowest BCUT2D eigenvalue weighted by molar-refractivity contribution is 0.298. The van der Waals surface area contributed by atoms with Crippen molar-refractivity contribution in [2.75, 3.05) is 12.3 Å². The highest BCUT2D eigenvalue weighted by Crippen LogP contribution is 2.17. The van der Waals surface area contributed by atoms with Crippen LogP contribution in [-0.2, 0) is 13.0 Å². The monoisotopic (exact) mass is 243 g/mol. The quantitative estimate of drug-likeness (QED) is 0.793. The minimum absolute atomic E-state index is 0.167. The molecule has 0 atom stereocenters. The predicted molar refractivity (Wildman–Crippen MR) is 72.4 cm³/mol. The van der Waals surface area contributed by atoms with Crippen molar-refractivity contribution in [2.45, 2.75) is 13.0 Å². The van der Waals surface area contributed by atoms with E-state index in [4.69, 9.17) is 15.6 Å². The van der Waals surface area contributed by atoms with Crippen LogP contribution < -0.4 is 10.5 Å². The molecule has 18 heavy (non-hydrogen) atoms. The molecule has 3 heteroatoms. The SMILES string of the molecule is Nc1ccccc1COc1ccc(CCO)cc1. The second-order valence-electron chi connectivity index (χ2n) is 4.11. The number of hydrogen-bond acceptors (Lipinski definition) is 3. The number of ether oxygens (including phenoxy) is 1. The summed E-state index contributed by atoms with van der Waals surface area (Å²) in [7, 11) is 0. The van der Waals surface area contributed by atoms with Gasteiger partial charge < -0.3 is 15.6 Å². The molecule has 0 aromatic heterocycles. The van der Waals surface area contributed by atoms with Crippen molar-refractivity contribution in [3.05, 3.63) is 59.7 Å². The molecule has 2 aromatic rings. The molecule has 94 valence electrons. The van der Waals surface area contributed by atoms with Crippen molar-refractivity contribution in [1.29, 1.82) is 0 Å². The second-order valence-corrected chi connectivity index (χ2v) is 4.11. The van der Waals surface area contributed by atoms with Crippen LogP contribution in [0.15, 0.2) is 48.5 Å². The van der Waals surface area contributed by atoms with Gasteiger partial charge in [0.25, 0.3) is 0 Å². The number of aliphatic hydroxyl groups is 1. The summed E-state index contributed by atoms with van der Waals surface area (Å²) in [6.45, 7) is 0.632. The number of hydrogen-bond donors (Lipinski definition) is 2. The summed E-state index contributed by atoms with van der Waals surface area (Å²) in [4.78, 5) is 0. The Kier molecular flexibility index (Phi) is 4.20. The molecule has 2 aromatic carbocycles. The average Bonchev–Trinajstić information content (AvgIpc) is 2.40. The van der Waals surface area contributed by atoms with E-state index in [1.54, 1.807) is 0 Å². The van der Waals surface area contributed by atoms with Crippen molar-refractivity contribution in [3.8, 4) is 5.75 Å². The van der Waals surface area contributed by atoms with Crippen LogP contribution in [0.25, 0.3) is 0 Å². The fraction of sp³-hybridized carbons (Fsp3) is 0.200. The first kappa shape index (κ1) is 12.5. The number of aliphatic hydroxyl groups excluding tert-OH is 1. The number of nitrogens with two attached hydrogens (primary N) is 1. The summed E-state index contributed by atoms with van der Waals surface area (Å²) < 4.78 is 5.66. The molecule has 0 fully saturated rings. The number of benzene rings is 2. The highest BCUT2D eigenvalue weighted by Gasteiger charge is 1.99. The van der Waals surface area contributed by atoms with Gasteiger partial charge in [0.05, 0.1) is 0 Å². The average molecular weight is 243 g/mol. The van der Waals surface area contributed by atoms with Gasteiger partial charge in [0.15, 0.2) is 0 Å². The van der Waals surface area contributed by atoms with Crippen LogP contribution in [0.3, 0.4) is 0 Å². The summed E-state index contributed by atoms with van der Waals surface area (Å²) in [6, 6.07) is 15.4. The zero-order valence-electron chi connectivity index (χ0n) is 10.2. The van der Waals surface area contributed by atoms with Gasteiger partial charge in [0.2, 0.25) is 0 Å². The molecule has 0 aliphatic rings. The summed E-state index contributed by atoms with van der Waals surface area (Å²) in [5.41, 5.74) is 8.67. The van der Waals surface area contributed by atoms with Crippen molar-refractivity contribution in [2.24, 2.45) is 0 Å². The summed E-state index contributed by atoms with van der Waals surface area (Å²) in [6.07, 6.45) is 0.673. The van der Waals surface area contributed by atoms with Gasteiger partial charge in [-0.2, -0.15) is 0 Å². The van der Waals surface area contributed by atoms with Crippen LogP contribution >= 0.6 is 0 Å². The van der Waals surface area contributed by atoms with E-state index >= 15 is 0 Å². The van der Waals surface area contributed by atoms with E-state index in [2.05, 4.69) is 0 Å². The zero-order chi connectivity index (χ0) is 12.8. The van der Waals surface area contributed by atoms with E-state index in [0.29, 0.717) is 13.0 Å². The normalized spacial score (nSPS) is 10.3. The highest BCUT2D eigenvalue weighted by atomic mass is 16.5. The minimum Gasteiger partial charge on any atom is -0.489 e. The second kappa shape index (κ2) is 6.07. The van der Waals surface area contributed by atoms with Gasteiger partial charge in [-0.05, 0) is 30.2 Å². The molecule has 0 spiro atoms. The standard InChI is InChI=1S/C15H17NO2/c16-15-4-2-1-3-13(15)11-18-14-7-5-12(6-8-14)9-10-17/h1-8,17H,9-11,16H2. The van der Waals surface area contributed by atoms with Gasteiger partial charge >= 0.3 is 0 Å². The maximum Gasteiger partial charge on any atom is 0.119 e. The van der Waals surface area contributed by atoms with E-state index < -0.39 is 0 Å². The van der Waals surface area contributed by atoms with E-state index in [1.165, 1.54) is 0 Å².